The van der Waals surface area contributed by atoms with Gasteiger partial charge < -0.3 is 10.6 Å². The number of hydrogen-bond donors (Lipinski definition) is 2. The van der Waals surface area contributed by atoms with Gasteiger partial charge in [-0.05, 0) is 26.8 Å². The molecule has 0 spiro atoms. The lowest BCUT2D eigenvalue weighted by atomic mass is 10.3. The van der Waals surface area contributed by atoms with Crippen LogP contribution in [0, 0.1) is 0 Å². The molecule has 0 aromatic heterocycles. The lowest BCUT2D eigenvalue weighted by molar-refractivity contribution is 0.530. The molecule has 0 heterocycles. The van der Waals surface area contributed by atoms with Crippen molar-refractivity contribution >= 4 is 0 Å². The standard InChI is InChI=1S/C7H16N2.C2H6/c1-7(3-4-7)9-6-5-8-2;1-2/h8-9H,3-6H2,1-2H3;1-2H3. The summed E-state index contributed by atoms with van der Waals surface area (Å²) in [7, 11) is 1.98. The van der Waals surface area contributed by atoms with E-state index in [1.807, 2.05) is 20.9 Å². The Morgan fingerprint density at radius 1 is 1.18 bits per heavy atom. The van der Waals surface area contributed by atoms with Crippen LogP contribution in [-0.2, 0) is 0 Å². The third-order valence-corrected chi connectivity index (χ3v) is 1.93. The quantitative estimate of drug-likeness (QED) is 0.604. The largest absolute Gasteiger partial charge is 0.318 e. The average Bonchev–Trinajstić information content (AvgIpc) is 2.74. The van der Waals surface area contributed by atoms with E-state index in [-0.39, 0.29) is 0 Å². The molecule has 1 rings (SSSR count). The summed E-state index contributed by atoms with van der Waals surface area (Å²) in [5.41, 5.74) is 0.511. The Bertz CT molecular complexity index is 87.6. The molecule has 0 amide bonds. The van der Waals surface area contributed by atoms with E-state index in [2.05, 4.69) is 17.6 Å². The van der Waals surface area contributed by atoms with E-state index in [4.69, 9.17) is 0 Å². The summed E-state index contributed by atoms with van der Waals surface area (Å²) in [6, 6.07) is 0. The van der Waals surface area contributed by atoms with Crippen LogP contribution in [0.1, 0.15) is 33.6 Å². The van der Waals surface area contributed by atoms with E-state index in [1.165, 1.54) is 12.8 Å². The molecule has 11 heavy (non-hydrogen) atoms. The highest BCUT2D eigenvalue weighted by molar-refractivity contribution is 4.97. The molecule has 1 aliphatic carbocycles. The molecule has 1 fully saturated rings. The zero-order valence-corrected chi connectivity index (χ0v) is 8.33. The Morgan fingerprint density at radius 2 is 1.73 bits per heavy atom. The molecule has 0 radical (unpaired) electrons. The van der Waals surface area contributed by atoms with Crippen LogP contribution in [0.25, 0.3) is 0 Å². The first-order valence-electron chi connectivity index (χ1n) is 4.66. The number of rotatable bonds is 4. The van der Waals surface area contributed by atoms with Crippen LogP contribution < -0.4 is 10.6 Å². The topological polar surface area (TPSA) is 24.1 Å². The Balaban J connectivity index is 0.000000461. The van der Waals surface area contributed by atoms with E-state index in [1.54, 1.807) is 0 Å². The van der Waals surface area contributed by atoms with Crippen molar-refractivity contribution in [3.8, 4) is 0 Å². The third kappa shape index (κ3) is 5.22. The van der Waals surface area contributed by atoms with Crippen LogP contribution in [0.15, 0.2) is 0 Å². The maximum absolute atomic E-state index is 3.47. The zero-order chi connectivity index (χ0) is 8.74. The average molecular weight is 158 g/mol. The van der Waals surface area contributed by atoms with Crippen LogP contribution in [0.4, 0.5) is 0 Å². The van der Waals surface area contributed by atoms with Crippen molar-refractivity contribution in [2.75, 3.05) is 20.1 Å². The van der Waals surface area contributed by atoms with Crippen LogP contribution >= 0.6 is 0 Å². The summed E-state index contributed by atoms with van der Waals surface area (Å²) in [6.45, 7) is 8.46. The second-order valence-corrected chi connectivity index (χ2v) is 3.09. The molecule has 0 aromatic rings. The second-order valence-electron chi connectivity index (χ2n) is 3.09. The van der Waals surface area contributed by atoms with Crippen LogP contribution in [0.5, 0.6) is 0 Å². The molecule has 68 valence electrons. The van der Waals surface area contributed by atoms with Crippen molar-refractivity contribution in [1.29, 1.82) is 0 Å². The van der Waals surface area contributed by atoms with Gasteiger partial charge in [0.25, 0.3) is 0 Å². The van der Waals surface area contributed by atoms with Gasteiger partial charge >= 0.3 is 0 Å². The molecule has 0 unspecified atom stereocenters. The minimum atomic E-state index is 0.511. The molecule has 1 saturated carbocycles. The van der Waals surface area contributed by atoms with Gasteiger partial charge in [0, 0.05) is 18.6 Å². The van der Waals surface area contributed by atoms with Gasteiger partial charge in [-0.15, -0.1) is 0 Å². The second kappa shape index (κ2) is 5.56. The highest BCUT2D eigenvalue weighted by Gasteiger charge is 2.35. The highest BCUT2D eigenvalue weighted by atomic mass is 15.0. The first-order chi connectivity index (χ1) is 5.27. The van der Waals surface area contributed by atoms with Crippen LogP contribution in [0.2, 0.25) is 0 Å². The monoisotopic (exact) mass is 158 g/mol. The number of nitrogens with one attached hydrogen (secondary N) is 2. The maximum Gasteiger partial charge on any atom is 0.0155 e. The van der Waals surface area contributed by atoms with Gasteiger partial charge in [-0.3, -0.25) is 0 Å². The van der Waals surface area contributed by atoms with Crippen molar-refractivity contribution in [3.63, 3.8) is 0 Å². The van der Waals surface area contributed by atoms with E-state index in [0.717, 1.165) is 13.1 Å². The summed E-state index contributed by atoms with van der Waals surface area (Å²) < 4.78 is 0. The summed E-state index contributed by atoms with van der Waals surface area (Å²) in [4.78, 5) is 0. The molecule has 1 aliphatic rings. The van der Waals surface area contributed by atoms with Gasteiger partial charge in [0.15, 0.2) is 0 Å². The minimum Gasteiger partial charge on any atom is -0.318 e. The Hall–Kier alpha value is -0.0800. The summed E-state index contributed by atoms with van der Waals surface area (Å²) >= 11 is 0. The highest BCUT2D eigenvalue weighted by Crippen LogP contribution is 2.33. The first kappa shape index (κ1) is 10.9. The van der Waals surface area contributed by atoms with Crippen molar-refractivity contribution in [2.45, 2.75) is 39.2 Å². The van der Waals surface area contributed by atoms with Crippen molar-refractivity contribution < 1.29 is 0 Å². The van der Waals surface area contributed by atoms with E-state index < -0.39 is 0 Å². The smallest absolute Gasteiger partial charge is 0.0155 e. The minimum absolute atomic E-state index is 0.511. The predicted molar refractivity (Wildman–Crippen MR) is 50.9 cm³/mol. The number of likely N-dealkylation sites (N-methyl/N-ethyl adjacent to an activating group) is 1. The fourth-order valence-corrected chi connectivity index (χ4v) is 0.854. The van der Waals surface area contributed by atoms with Crippen LogP contribution in [-0.4, -0.2) is 25.7 Å². The van der Waals surface area contributed by atoms with Gasteiger partial charge in [-0.25, -0.2) is 0 Å². The fourth-order valence-electron chi connectivity index (χ4n) is 0.854. The maximum atomic E-state index is 3.47. The van der Waals surface area contributed by atoms with E-state index in [0.29, 0.717) is 5.54 Å². The normalized spacial score (nSPS) is 18.5. The Morgan fingerprint density at radius 3 is 2.09 bits per heavy atom. The summed E-state index contributed by atoms with van der Waals surface area (Å²) in [6.07, 6.45) is 2.72. The van der Waals surface area contributed by atoms with Gasteiger partial charge in [-0.2, -0.15) is 0 Å². The van der Waals surface area contributed by atoms with Gasteiger partial charge in [0.2, 0.25) is 0 Å². The van der Waals surface area contributed by atoms with Gasteiger partial charge in [0.1, 0.15) is 0 Å². The predicted octanol–water partition coefficient (Wildman–Crippen LogP) is 1.37. The molecule has 2 nitrogen and oxygen atoms in total. The fraction of sp³-hybridized carbons (Fsp3) is 1.00. The first-order valence-corrected chi connectivity index (χ1v) is 4.66. The summed E-state index contributed by atoms with van der Waals surface area (Å²) in [5.74, 6) is 0. The molecule has 0 saturated heterocycles. The molecule has 0 bridgehead atoms. The lowest BCUT2D eigenvalue weighted by Crippen LogP contribution is -2.33. The van der Waals surface area contributed by atoms with E-state index >= 15 is 0 Å². The molecular weight excluding hydrogens is 136 g/mol. The van der Waals surface area contributed by atoms with Crippen LogP contribution in [0.3, 0.4) is 0 Å². The van der Waals surface area contributed by atoms with E-state index in [9.17, 15) is 0 Å². The molecule has 0 atom stereocenters. The van der Waals surface area contributed by atoms with Crippen molar-refractivity contribution in [2.24, 2.45) is 0 Å². The summed E-state index contributed by atoms with van der Waals surface area (Å²) in [5, 5.41) is 6.58. The Labute approximate surface area is 70.8 Å². The molecule has 0 aliphatic heterocycles. The number of hydrogen-bond acceptors (Lipinski definition) is 2. The zero-order valence-electron chi connectivity index (χ0n) is 8.33. The third-order valence-electron chi connectivity index (χ3n) is 1.93. The molecular formula is C9H22N2. The Kier molecular flexibility index (Phi) is 5.51. The lowest BCUT2D eigenvalue weighted by Gasteiger charge is -2.09. The van der Waals surface area contributed by atoms with Gasteiger partial charge in [-0.1, -0.05) is 13.8 Å². The van der Waals surface area contributed by atoms with Crippen molar-refractivity contribution in [1.82, 2.24) is 10.6 Å². The van der Waals surface area contributed by atoms with Gasteiger partial charge in [0.05, 0.1) is 0 Å². The van der Waals surface area contributed by atoms with Crippen molar-refractivity contribution in [3.05, 3.63) is 0 Å². The molecule has 0 aromatic carbocycles. The SMILES string of the molecule is CC.CNCCNC1(C)CC1. The molecule has 2 N–H and O–H groups in total. The molecule has 2 heteroatoms.